The van der Waals surface area contributed by atoms with Crippen LogP contribution >= 0.6 is 11.3 Å². The number of nitrogens with one attached hydrogen (secondary N) is 1. The van der Waals surface area contributed by atoms with Gasteiger partial charge < -0.3 is 10.1 Å². The molecule has 0 radical (unpaired) electrons. The van der Waals surface area contributed by atoms with E-state index in [1.54, 1.807) is 0 Å². The molecule has 0 aliphatic heterocycles. The second-order valence-electron chi connectivity index (χ2n) is 6.88. The molecule has 2 heterocycles. The third-order valence-electron chi connectivity index (χ3n) is 4.60. The highest BCUT2D eigenvalue weighted by molar-refractivity contribution is 7.21. The van der Waals surface area contributed by atoms with Gasteiger partial charge in [-0.3, -0.25) is 14.2 Å². The summed E-state index contributed by atoms with van der Waals surface area (Å²) in [4.78, 5) is 31.0. The Balaban J connectivity index is 1.37. The molecule has 0 aliphatic carbocycles. The maximum atomic E-state index is 12.8. The first-order valence-electron chi connectivity index (χ1n) is 9.61. The number of aromatic nitrogens is 2. The van der Waals surface area contributed by atoms with E-state index in [2.05, 4.69) is 10.3 Å². The Morgan fingerprint density at radius 1 is 1.13 bits per heavy atom. The van der Waals surface area contributed by atoms with Crippen molar-refractivity contribution in [2.45, 2.75) is 13.5 Å². The van der Waals surface area contributed by atoms with E-state index in [0.29, 0.717) is 23.4 Å². The molecular formula is C23H21N3O3S. The Bertz CT molecular complexity index is 1210. The Labute approximate surface area is 177 Å². The minimum absolute atomic E-state index is 0.0805. The molecule has 1 amide bonds. The van der Waals surface area contributed by atoms with Gasteiger partial charge in [0.2, 0.25) is 5.91 Å². The number of hydrogen-bond donors (Lipinski definition) is 1. The molecule has 152 valence electrons. The number of aryl methyl sites for hydroxylation is 1. The highest BCUT2D eigenvalue weighted by Crippen LogP contribution is 2.30. The standard InChI is InChI=1S/C23H21N3O3S/c1-16-7-9-18(10-8-16)29-12-11-24-21(27)14-26-15-25-22-19(23(26)28)13-20(30-22)17-5-3-2-4-6-17/h2-10,13,15H,11-12,14H2,1H3,(H,24,27). The summed E-state index contributed by atoms with van der Waals surface area (Å²) in [5, 5.41) is 3.30. The monoisotopic (exact) mass is 419 g/mol. The second kappa shape index (κ2) is 8.92. The zero-order chi connectivity index (χ0) is 20.9. The zero-order valence-electron chi connectivity index (χ0n) is 16.5. The van der Waals surface area contributed by atoms with Gasteiger partial charge in [0.15, 0.2) is 0 Å². The van der Waals surface area contributed by atoms with Crippen LogP contribution in [0, 0.1) is 6.92 Å². The number of thiophene rings is 1. The van der Waals surface area contributed by atoms with Gasteiger partial charge in [-0.2, -0.15) is 0 Å². The van der Waals surface area contributed by atoms with Gasteiger partial charge in [0.25, 0.3) is 5.56 Å². The van der Waals surface area contributed by atoms with Crippen LogP contribution in [-0.4, -0.2) is 28.6 Å². The fourth-order valence-corrected chi connectivity index (χ4v) is 4.02. The van der Waals surface area contributed by atoms with Crippen LogP contribution in [0.5, 0.6) is 5.75 Å². The molecule has 7 heteroatoms. The van der Waals surface area contributed by atoms with Gasteiger partial charge in [0.1, 0.15) is 23.7 Å². The molecule has 30 heavy (non-hydrogen) atoms. The fourth-order valence-electron chi connectivity index (χ4n) is 3.02. The number of fused-ring (bicyclic) bond motifs is 1. The minimum Gasteiger partial charge on any atom is -0.492 e. The fraction of sp³-hybridized carbons (Fsp3) is 0.174. The SMILES string of the molecule is Cc1ccc(OCCNC(=O)Cn2cnc3sc(-c4ccccc4)cc3c2=O)cc1. The molecule has 2 aromatic heterocycles. The van der Waals surface area contributed by atoms with Gasteiger partial charge in [0, 0.05) is 4.88 Å². The molecule has 6 nitrogen and oxygen atoms in total. The lowest BCUT2D eigenvalue weighted by Gasteiger charge is -2.09. The average Bonchev–Trinajstić information content (AvgIpc) is 3.20. The van der Waals surface area contributed by atoms with Crippen molar-refractivity contribution >= 4 is 27.5 Å². The van der Waals surface area contributed by atoms with Crippen LogP contribution in [0.4, 0.5) is 0 Å². The molecule has 0 spiro atoms. The number of benzene rings is 2. The van der Waals surface area contributed by atoms with E-state index >= 15 is 0 Å². The van der Waals surface area contributed by atoms with Gasteiger partial charge in [0.05, 0.1) is 18.3 Å². The zero-order valence-corrected chi connectivity index (χ0v) is 17.3. The number of rotatable bonds is 7. The molecule has 0 bridgehead atoms. The van der Waals surface area contributed by atoms with Crippen LogP contribution in [0.15, 0.2) is 71.8 Å². The van der Waals surface area contributed by atoms with Gasteiger partial charge in [-0.1, -0.05) is 48.0 Å². The summed E-state index contributed by atoms with van der Waals surface area (Å²) in [6, 6.07) is 19.4. The second-order valence-corrected chi connectivity index (χ2v) is 7.92. The predicted molar refractivity (Wildman–Crippen MR) is 119 cm³/mol. The van der Waals surface area contributed by atoms with E-state index in [-0.39, 0.29) is 18.0 Å². The van der Waals surface area contributed by atoms with Crippen molar-refractivity contribution in [1.29, 1.82) is 0 Å². The van der Waals surface area contributed by atoms with Crippen molar-refractivity contribution in [1.82, 2.24) is 14.9 Å². The van der Waals surface area contributed by atoms with E-state index in [9.17, 15) is 9.59 Å². The number of hydrogen-bond acceptors (Lipinski definition) is 5. The van der Waals surface area contributed by atoms with E-state index in [0.717, 1.165) is 21.8 Å². The van der Waals surface area contributed by atoms with Crippen molar-refractivity contribution in [2.75, 3.05) is 13.2 Å². The molecule has 0 unspecified atom stereocenters. The molecule has 0 atom stereocenters. The van der Waals surface area contributed by atoms with Crippen molar-refractivity contribution in [3.63, 3.8) is 0 Å². The molecule has 4 rings (SSSR count). The van der Waals surface area contributed by atoms with Crippen LogP contribution in [0.1, 0.15) is 5.56 Å². The maximum Gasteiger partial charge on any atom is 0.262 e. The highest BCUT2D eigenvalue weighted by atomic mass is 32.1. The van der Waals surface area contributed by atoms with Gasteiger partial charge in [-0.25, -0.2) is 4.98 Å². The number of carbonyl (C=O) groups is 1. The van der Waals surface area contributed by atoms with E-state index in [1.165, 1.54) is 22.2 Å². The summed E-state index contributed by atoms with van der Waals surface area (Å²) in [6.45, 7) is 2.64. The maximum absolute atomic E-state index is 12.8. The molecule has 0 aliphatic rings. The van der Waals surface area contributed by atoms with Gasteiger partial charge in [-0.15, -0.1) is 11.3 Å². The van der Waals surface area contributed by atoms with Crippen LogP contribution < -0.4 is 15.6 Å². The average molecular weight is 420 g/mol. The van der Waals surface area contributed by atoms with Gasteiger partial charge in [-0.05, 0) is 30.7 Å². The van der Waals surface area contributed by atoms with E-state index < -0.39 is 0 Å². The number of amides is 1. The van der Waals surface area contributed by atoms with E-state index in [1.807, 2.05) is 67.6 Å². The summed E-state index contributed by atoms with van der Waals surface area (Å²) < 4.78 is 6.93. The molecule has 0 saturated carbocycles. The van der Waals surface area contributed by atoms with Crippen LogP contribution in [0.3, 0.4) is 0 Å². The topological polar surface area (TPSA) is 73.2 Å². The molecule has 2 aromatic carbocycles. The Morgan fingerprint density at radius 3 is 2.67 bits per heavy atom. The van der Waals surface area contributed by atoms with Crippen molar-refractivity contribution in [2.24, 2.45) is 0 Å². The Morgan fingerprint density at radius 2 is 1.90 bits per heavy atom. The number of carbonyl (C=O) groups excluding carboxylic acids is 1. The summed E-state index contributed by atoms with van der Waals surface area (Å²) >= 11 is 1.47. The van der Waals surface area contributed by atoms with Gasteiger partial charge >= 0.3 is 0 Å². The lowest BCUT2D eigenvalue weighted by molar-refractivity contribution is -0.121. The van der Waals surface area contributed by atoms with Crippen LogP contribution in [-0.2, 0) is 11.3 Å². The number of ether oxygens (including phenoxy) is 1. The summed E-state index contributed by atoms with van der Waals surface area (Å²) in [5.74, 6) is 0.497. The molecule has 0 fully saturated rings. The lowest BCUT2D eigenvalue weighted by Crippen LogP contribution is -2.34. The smallest absolute Gasteiger partial charge is 0.262 e. The first kappa shape index (κ1) is 19.8. The normalized spacial score (nSPS) is 10.8. The first-order chi connectivity index (χ1) is 14.6. The summed E-state index contributed by atoms with van der Waals surface area (Å²) in [7, 11) is 0. The Kier molecular flexibility index (Phi) is 5.90. The molecule has 4 aromatic rings. The largest absolute Gasteiger partial charge is 0.492 e. The first-order valence-corrected chi connectivity index (χ1v) is 10.4. The van der Waals surface area contributed by atoms with Crippen LogP contribution in [0.25, 0.3) is 20.7 Å². The van der Waals surface area contributed by atoms with Crippen molar-refractivity contribution in [3.05, 3.63) is 82.9 Å². The molecule has 0 saturated heterocycles. The third kappa shape index (κ3) is 4.58. The predicted octanol–water partition coefficient (Wildman–Crippen LogP) is 3.63. The summed E-state index contributed by atoms with van der Waals surface area (Å²) in [5.41, 5.74) is 1.98. The van der Waals surface area contributed by atoms with Crippen LogP contribution in [0.2, 0.25) is 0 Å². The Hall–Kier alpha value is -3.45. The summed E-state index contributed by atoms with van der Waals surface area (Å²) in [6.07, 6.45) is 1.43. The third-order valence-corrected chi connectivity index (χ3v) is 5.70. The minimum atomic E-state index is -0.260. The lowest BCUT2D eigenvalue weighted by atomic mass is 10.2. The number of nitrogens with zero attached hydrogens (tertiary/aromatic N) is 2. The quantitative estimate of drug-likeness (QED) is 0.464. The highest BCUT2D eigenvalue weighted by Gasteiger charge is 2.12. The molecule has 1 N–H and O–H groups in total. The van der Waals surface area contributed by atoms with Crippen molar-refractivity contribution < 1.29 is 9.53 Å². The van der Waals surface area contributed by atoms with E-state index in [4.69, 9.17) is 4.74 Å². The van der Waals surface area contributed by atoms with Crippen molar-refractivity contribution in [3.8, 4) is 16.2 Å². The molecular weight excluding hydrogens is 398 g/mol.